The van der Waals surface area contributed by atoms with E-state index in [-0.39, 0.29) is 50.5 Å². The second-order valence-corrected chi connectivity index (χ2v) is 12.9. The molecule has 19 nitrogen and oxygen atoms in total. The number of nitrogens with one attached hydrogen (secondary N) is 6. The highest BCUT2D eigenvalue weighted by Crippen LogP contribution is 2.10. The maximum absolute atomic E-state index is 12.8. The summed E-state index contributed by atoms with van der Waals surface area (Å²) in [4.78, 5) is 72.5. The maximum atomic E-state index is 12.8. The van der Waals surface area contributed by atoms with E-state index in [0.29, 0.717) is 62.4 Å². The van der Waals surface area contributed by atoms with Gasteiger partial charge in [0.15, 0.2) is 0 Å². The Morgan fingerprint density at radius 3 is 2.24 bits per heavy atom. The summed E-state index contributed by atoms with van der Waals surface area (Å²) in [5.74, 6) is -1.05. The van der Waals surface area contributed by atoms with Crippen LogP contribution in [0, 0.1) is 5.92 Å². The average molecular weight is 761 g/mol. The summed E-state index contributed by atoms with van der Waals surface area (Å²) < 4.78 is 17.2. The Bertz CT molecular complexity index is 1480. The lowest BCUT2D eigenvalue weighted by atomic mass is 10.0. The van der Waals surface area contributed by atoms with Crippen LogP contribution in [0.2, 0.25) is 0 Å². The molecule has 8 N–H and O–H groups in total. The van der Waals surface area contributed by atoms with Crippen molar-refractivity contribution in [1.82, 2.24) is 46.9 Å². The van der Waals surface area contributed by atoms with Crippen LogP contribution in [0.4, 0.5) is 9.59 Å². The van der Waals surface area contributed by atoms with Crippen LogP contribution in [0.5, 0.6) is 0 Å². The smallest absolute Gasteiger partial charge is 0.406 e. The van der Waals surface area contributed by atoms with Crippen LogP contribution in [0.3, 0.4) is 0 Å². The number of nitrogens with zero attached hydrogens (tertiary/aromatic N) is 3. The molecule has 0 aliphatic rings. The summed E-state index contributed by atoms with van der Waals surface area (Å²) in [6.07, 6.45) is 2.36. The van der Waals surface area contributed by atoms with Crippen molar-refractivity contribution in [2.24, 2.45) is 11.7 Å². The van der Waals surface area contributed by atoms with E-state index in [2.05, 4.69) is 42.2 Å². The van der Waals surface area contributed by atoms with Gasteiger partial charge in [-0.2, -0.15) is 0 Å². The van der Waals surface area contributed by atoms with Crippen molar-refractivity contribution < 1.29 is 43.0 Å². The van der Waals surface area contributed by atoms with Crippen molar-refractivity contribution in [3.05, 3.63) is 47.3 Å². The summed E-state index contributed by atoms with van der Waals surface area (Å²) >= 11 is 0. The van der Waals surface area contributed by atoms with E-state index in [1.165, 1.54) is 14.1 Å². The quantitative estimate of drug-likeness (QED) is 0.0676. The molecule has 0 fully saturated rings. The predicted octanol–water partition coefficient (Wildman–Crippen LogP) is 0.324. The summed E-state index contributed by atoms with van der Waals surface area (Å²) in [7, 11) is 4.53. The second-order valence-electron chi connectivity index (χ2n) is 12.9. The highest BCUT2D eigenvalue weighted by Gasteiger charge is 2.24. The molecule has 6 amide bonds. The van der Waals surface area contributed by atoms with Gasteiger partial charge in [0.2, 0.25) is 17.7 Å². The summed E-state index contributed by atoms with van der Waals surface area (Å²) in [5.41, 5.74) is 7.36. The maximum Gasteiger partial charge on any atom is 0.406 e. The first-order valence-electron chi connectivity index (χ1n) is 17.9. The number of primary amides is 1. The Kier molecular flexibility index (Phi) is 20.6. The van der Waals surface area contributed by atoms with Gasteiger partial charge in [-0.05, 0) is 62.8 Å². The Morgan fingerprint density at radius 1 is 0.907 bits per heavy atom. The molecular formula is C35H56N10O9. The Hall–Kier alpha value is -5.30. The van der Waals surface area contributed by atoms with Crippen LogP contribution in [0.1, 0.15) is 74.0 Å². The molecule has 0 saturated carbocycles. The zero-order valence-electron chi connectivity index (χ0n) is 31.8. The molecule has 0 radical (unpaired) electrons. The topological polar surface area (TPSA) is 259 Å². The minimum Gasteiger partial charge on any atom is -0.447 e. The average Bonchev–Trinajstić information content (AvgIpc) is 3.60. The van der Waals surface area contributed by atoms with Crippen LogP contribution in [0.25, 0.3) is 0 Å². The van der Waals surface area contributed by atoms with E-state index in [9.17, 15) is 28.8 Å². The molecule has 0 aliphatic heterocycles. The van der Waals surface area contributed by atoms with Crippen molar-refractivity contribution in [2.45, 2.75) is 83.6 Å². The normalized spacial score (nSPS) is 12.1. The van der Waals surface area contributed by atoms with Gasteiger partial charge in [0.05, 0.1) is 25.3 Å². The van der Waals surface area contributed by atoms with Gasteiger partial charge in [-0.15, -0.1) is 5.10 Å². The fraction of sp³-hybridized carbons (Fsp3) is 0.600. The van der Waals surface area contributed by atoms with E-state index in [1.54, 1.807) is 36.1 Å². The van der Waals surface area contributed by atoms with E-state index in [1.807, 2.05) is 19.9 Å². The number of carbonyl (C=O) groups excluding carboxylic acids is 6. The fourth-order valence-corrected chi connectivity index (χ4v) is 5.04. The molecule has 0 saturated heterocycles. The molecule has 300 valence electrons. The number of ether oxygens (including phenoxy) is 3. The Morgan fingerprint density at radius 2 is 1.61 bits per heavy atom. The molecular weight excluding hydrogens is 704 g/mol. The number of nitrogens with two attached hydrogens (primary N) is 1. The van der Waals surface area contributed by atoms with Gasteiger partial charge in [0.25, 0.3) is 5.91 Å². The second kappa shape index (κ2) is 24.9. The third-order valence-corrected chi connectivity index (χ3v) is 7.93. The monoisotopic (exact) mass is 760 g/mol. The molecule has 1 aromatic heterocycles. The largest absolute Gasteiger partial charge is 0.447 e. The first kappa shape index (κ1) is 44.9. The molecule has 0 unspecified atom stereocenters. The third-order valence-electron chi connectivity index (χ3n) is 7.93. The molecule has 19 heteroatoms. The van der Waals surface area contributed by atoms with Gasteiger partial charge >= 0.3 is 12.2 Å². The van der Waals surface area contributed by atoms with Crippen molar-refractivity contribution >= 4 is 35.8 Å². The molecule has 0 bridgehead atoms. The number of aromatic nitrogens is 3. The van der Waals surface area contributed by atoms with Gasteiger partial charge < -0.3 is 51.8 Å². The van der Waals surface area contributed by atoms with Crippen LogP contribution < -0.4 is 37.6 Å². The number of carbonyl (C=O) groups is 6. The van der Waals surface area contributed by atoms with Crippen molar-refractivity contribution in [3.8, 4) is 0 Å². The van der Waals surface area contributed by atoms with Crippen LogP contribution in [-0.2, 0) is 41.7 Å². The molecule has 54 heavy (non-hydrogen) atoms. The van der Waals surface area contributed by atoms with Gasteiger partial charge in [-0.3, -0.25) is 19.2 Å². The molecule has 1 aromatic carbocycles. The number of benzene rings is 1. The summed E-state index contributed by atoms with van der Waals surface area (Å²) in [5, 5.41) is 24.2. The van der Waals surface area contributed by atoms with Crippen molar-refractivity contribution in [3.63, 3.8) is 0 Å². The van der Waals surface area contributed by atoms with E-state index < -0.39 is 36.3 Å². The lowest BCUT2D eigenvalue weighted by Gasteiger charge is -2.21. The van der Waals surface area contributed by atoms with E-state index in [0.717, 1.165) is 5.56 Å². The zero-order chi connectivity index (χ0) is 39.9. The number of alkyl carbamates (subject to hydrolysis) is 2. The van der Waals surface area contributed by atoms with Gasteiger partial charge in [-0.25, -0.2) is 14.3 Å². The minimum atomic E-state index is -0.792. The van der Waals surface area contributed by atoms with Crippen LogP contribution >= 0.6 is 0 Å². The molecule has 1 heterocycles. The minimum absolute atomic E-state index is 0.141. The van der Waals surface area contributed by atoms with Crippen molar-refractivity contribution in [1.29, 1.82) is 0 Å². The van der Waals surface area contributed by atoms with Crippen LogP contribution in [-0.4, -0.2) is 117 Å². The first-order valence-corrected chi connectivity index (χ1v) is 17.9. The molecule has 2 atom stereocenters. The highest BCUT2D eigenvalue weighted by molar-refractivity contribution is 5.94. The SMILES string of the molecule is CNC(=O)OCC(COC(=O)NC)OCCCC(=O)NCc1cn(Cc2cccc(C(=O)NCCCC[C@H](NC(=O)[C@H](CC(C)C)NC)C(N)=O)c2)nn1. The Labute approximate surface area is 315 Å². The molecule has 0 spiro atoms. The lowest BCUT2D eigenvalue weighted by molar-refractivity contribution is -0.129. The lowest BCUT2D eigenvalue weighted by Crippen LogP contribution is -2.51. The number of hydrogen-bond donors (Lipinski definition) is 7. The predicted molar refractivity (Wildman–Crippen MR) is 197 cm³/mol. The van der Waals surface area contributed by atoms with Gasteiger partial charge in [-0.1, -0.05) is 31.2 Å². The summed E-state index contributed by atoms with van der Waals surface area (Å²) in [6.45, 7) is 4.79. The van der Waals surface area contributed by atoms with E-state index >= 15 is 0 Å². The van der Waals surface area contributed by atoms with E-state index in [4.69, 9.17) is 19.9 Å². The first-order chi connectivity index (χ1) is 25.8. The molecule has 2 aromatic rings. The number of hydrogen-bond acceptors (Lipinski definition) is 12. The fourth-order valence-electron chi connectivity index (χ4n) is 5.04. The van der Waals surface area contributed by atoms with Gasteiger partial charge in [0, 0.05) is 39.2 Å². The van der Waals surface area contributed by atoms with Crippen LogP contribution in [0.15, 0.2) is 30.5 Å². The molecule has 0 aliphatic carbocycles. The molecule has 2 rings (SSSR count). The number of likely N-dealkylation sites (N-methyl/N-ethyl adjacent to an activating group) is 1. The van der Waals surface area contributed by atoms with Gasteiger partial charge in [0.1, 0.15) is 31.1 Å². The zero-order valence-corrected chi connectivity index (χ0v) is 31.8. The standard InChI is InChI=1S/C35H56N10O9/c1-23(2)16-29(37-3)33(49)42-28(31(36)47)12-6-7-14-40-32(48)25-11-8-10-24(17-25)19-45-20-26(43-44-45)18-41-30(46)13-9-15-52-27(21-53-34(50)38-4)22-54-35(51)39-5/h8,10-11,17,20,23,27-29,37H,6-7,9,12-16,18-19,21-22H2,1-5H3,(H2,36,47)(H,38,50)(H,39,51)(H,40,48)(H,41,46)(H,42,49)/t28-,29-/m0/s1. The number of rotatable bonds is 25. The third kappa shape index (κ3) is 18.0. The number of amides is 6. The number of unbranched alkanes of at least 4 members (excludes halogenated alkanes) is 1. The Balaban J connectivity index is 1.74. The van der Waals surface area contributed by atoms with Crippen molar-refractivity contribution in [2.75, 3.05) is 47.5 Å². The highest BCUT2D eigenvalue weighted by atomic mass is 16.6. The summed E-state index contributed by atoms with van der Waals surface area (Å²) in [6, 6.07) is 5.89.